The Morgan fingerprint density at radius 2 is 2.35 bits per heavy atom. The van der Waals surface area contributed by atoms with Crippen LogP contribution in [-0.2, 0) is 4.79 Å². The molecule has 1 saturated heterocycles. The summed E-state index contributed by atoms with van der Waals surface area (Å²) in [4.78, 5) is 13.5. The first-order chi connectivity index (χ1) is 8.17. The summed E-state index contributed by atoms with van der Waals surface area (Å²) in [6, 6.07) is 9.14. The van der Waals surface area contributed by atoms with Gasteiger partial charge in [0.25, 0.3) is 0 Å². The lowest BCUT2D eigenvalue weighted by atomic mass is 9.99. The van der Waals surface area contributed by atoms with Crippen LogP contribution < -0.4 is 5.73 Å². The molecule has 4 heteroatoms. The fraction of sp³-hybridized carbons (Fsp3) is 0.385. The molecule has 1 aliphatic heterocycles. The standard InChI is InChI=1S/C13H15N3O/c1-2-16-12(17)7-11(15)13(16)10-5-3-4-9(6-10)8-14/h3-6,11,13H,2,7,15H2,1H3. The highest BCUT2D eigenvalue weighted by Gasteiger charge is 2.37. The van der Waals surface area contributed by atoms with E-state index in [1.807, 2.05) is 25.1 Å². The lowest BCUT2D eigenvalue weighted by molar-refractivity contribution is -0.128. The Morgan fingerprint density at radius 3 is 3.00 bits per heavy atom. The van der Waals surface area contributed by atoms with Crippen molar-refractivity contribution < 1.29 is 4.79 Å². The largest absolute Gasteiger partial charge is 0.334 e. The molecule has 1 fully saturated rings. The van der Waals surface area contributed by atoms with Crippen LogP contribution in [0.3, 0.4) is 0 Å². The number of amides is 1. The van der Waals surface area contributed by atoms with Crippen molar-refractivity contribution in [2.24, 2.45) is 5.73 Å². The Kier molecular flexibility index (Phi) is 3.12. The molecule has 0 saturated carbocycles. The molecule has 2 N–H and O–H groups in total. The van der Waals surface area contributed by atoms with Crippen LogP contribution in [0.2, 0.25) is 0 Å². The maximum absolute atomic E-state index is 11.7. The third-order valence-electron chi connectivity index (χ3n) is 3.17. The Hall–Kier alpha value is -1.86. The molecule has 1 aromatic carbocycles. The van der Waals surface area contributed by atoms with Gasteiger partial charge < -0.3 is 10.6 Å². The van der Waals surface area contributed by atoms with Gasteiger partial charge in [-0.05, 0) is 24.6 Å². The van der Waals surface area contributed by atoms with Gasteiger partial charge in [0.15, 0.2) is 0 Å². The normalized spacial score (nSPS) is 23.8. The Labute approximate surface area is 101 Å². The first kappa shape index (κ1) is 11.6. The van der Waals surface area contributed by atoms with Gasteiger partial charge >= 0.3 is 0 Å². The van der Waals surface area contributed by atoms with Crippen molar-refractivity contribution >= 4 is 5.91 Å². The van der Waals surface area contributed by atoms with E-state index >= 15 is 0 Å². The van der Waals surface area contributed by atoms with E-state index in [-0.39, 0.29) is 18.0 Å². The second-order valence-corrected chi connectivity index (χ2v) is 4.23. The van der Waals surface area contributed by atoms with Crippen LogP contribution in [0.5, 0.6) is 0 Å². The average molecular weight is 229 g/mol. The van der Waals surface area contributed by atoms with Gasteiger partial charge in [-0.15, -0.1) is 0 Å². The van der Waals surface area contributed by atoms with E-state index in [1.165, 1.54) is 0 Å². The second-order valence-electron chi connectivity index (χ2n) is 4.23. The zero-order chi connectivity index (χ0) is 12.4. The fourth-order valence-electron chi connectivity index (χ4n) is 2.41. The molecule has 2 atom stereocenters. The summed E-state index contributed by atoms with van der Waals surface area (Å²) in [5, 5.41) is 8.88. The number of nitrogens with two attached hydrogens (primary N) is 1. The van der Waals surface area contributed by atoms with E-state index in [4.69, 9.17) is 11.0 Å². The second kappa shape index (κ2) is 4.56. The quantitative estimate of drug-likeness (QED) is 0.827. The molecule has 4 nitrogen and oxygen atoms in total. The van der Waals surface area contributed by atoms with Gasteiger partial charge in [-0.25, -0.2) is 0 Å². The highest BCUT2D eigenvalue weighted by molar-refractivity contribution is 5.80. The summed E-state index contributed by atoms with van der Waals surface area (Å²) < 4.78 is 0. The number of nitrogens with zero attached hydrogens (tertiary/aromatic N) is 2. The molecule has 2 rings (SSSR count). The van der Waals surface area contributed by atoms with Gasteiger partial charge in [0.05, 0.1) is 17.7 Å². The molecule has 2 unspecified atom stereocenters. The number of carbonyl (C=O) groups excluding carboxylic acids is 1. The molecule has 1 aliphatic rings. The summed E-state index contributed by atoms with van der Waals surface area (Å²) in [6.07, 6.45) is 0.384. The Morgan fingerprint density at radius 1 is 1.59 bits per heavy atom. The van der Waals surface area contributed by atoms with Crippen LogP contribution >= 0.6 is 0 Å². The van der Waals surface area contributed by atoms with Crippen LogP contribution in [0, 0.1) is 11.3 Å². The van der Waals surface area contributed by atoms with E-state index in [0.29, 0.717) is 18.5 Å². The minimum Gasteiger partial charge on any atom is -0.334 e. The lowest BCUT2D eigenvalue weighted by Gasteiger charge is -2.26. The first-order valence-electron chi connectivity index (χ1n) is 5.72. The Bertz CT molecular complexity index is 478. The monoisotopic (exact) mass is 229 g/mol. The zero-order valence-electron chi connectivity index (χ0n) is 9.76. The highest BCUT2D eigenvalue weighted by atomic mass is 16.2. The molecule has 0 aliphatic carbocycles. The Balaban J connectivity index is 2.38. The fourth-order valence-corrected chi connectivity index (χ4v) is 2.41. The smallest absolute Gasteiger partial charge is 0.224 e. The summed E-state index contributed by atoms with van der Waals surface area (Å²) in [7, 11) is 0. The number of rotatable bonds is 2. The molecule has 0 radical (unpaired) electrons. The molecule has 0 spiro atoms. The van der Waals surface area contributed by atoms with E-state index in [0.717, 1.165) is 5.56 Å². The maximum atomic E-state index is 11.7. The highest BCUT2D eigenvalue weighted by Crippen LogP contribution is 2.31. The van der Waals surface area contributed by atoms with Crippen molar-refractivity contribution in [2.75, 3.05) is 6.54 Å². The van der Waals surface area contributed by atoms with Gasteiger partial charge in [-0.1, -0.05) is 12.1 Å². The average Bonchev–Trinajstić information content (AvgIpc) is 2.63. The van der Waals surface area contributed by atoms with Crippen LogP contribution in [0.25, 0.3) is 0 Å². The third-order valence-corrected chi connectivity index (χ3v) is 3.17. The molecular weight excluding hydrogens is 214 g/mol. The van der Waals surface area contributed by atoms with E-state index in [1.54, 1.807) is 11.0 Å². The molecular formula is C13H15N3O. The van der Waals surface area contributed by atoms with Gasteiger partial charge in [0.2, 0.25) is 5.91 Å². The number of nitriles is 1. The minimum absolute atomic E-state index is 0.0901. The van der Waals surface area contributed by atoms with Crippen LogP contribution in [0.15, 0.2) is 24.3 Å². The van der Waals surface area contributed by atoms with Crippen LogP contribution in [0.4, 0.5) is 0 Å². The number of likely N-dealkylation sites (tertiary alicyclic amines) is 1. The number of benzene rings is 1. The summed E-state index contributed by atoms with van der Waals surface area (Å²) in [6.45, 7) is 2.59. The number of carbonyl (C=O) groups is 1. The van der Waals surface area contributed by atoms with Crippen LogP contribution in [-0.4, -0.2) is 23.4 Å². The molecule has 17 heavy (non-hydrogen) atoms. The SMILES string of the molecule is CCN1C(=O)CC(N)C1c1cccc(C#N)c1. The van der Waals surface area contributed by atoms with Gasteiger partial charge in [0.1, 0.15) is 0 Å². The van der Waals surface area contributed by atoms with Crippen molar-refractivity contribution in [3.8, 4) is 6.07 Å². The maximum Gasteiger partial charge on any atom is 0.224 e. The van der Waals surface area contributed by atoms with Gasteiger partial charge in [0, 0.05) is 19.0 Å². The summed E-state index contributed by atoms with van der Waals surface area (Å²) in [5.41, 5.74) is 7.56. The van der Waals surface area contributed by atoms with E-state index in [2.05, 4.69) is 6.07 Å². The van der Waals surface area contributed by atoms with Crippen molar-refractivity contribution in [2.45, 2.75) is 25.4 Å². The number of hydrogen-bond donors (Lipinski definition) is 1. The molecule has 88 valence electrons. The topological polar surface area (TPSA) is 70.1 Å². The lowest BCUT2D eigenvalue weighted by Crippen LogP contribution is -2.32. The third kappa shape index (κ3) is 2.02. The molecule has 1 amide bonds. The van der Waals surface area contributed by atoms with E-state index < -0.39 is 0 Å². The predicted molar refractivity (Wildman–Crippen MR) is 63.9 cm³/mol. The zero-order valence-corrected chi connectivity index (χ0v) is 9.76. The van der Waals surface area contributed by atoms with Crippen molar-refractivity contribution in [3.05, 3.63) is 35.4 Å². The van der Waals surface area contributed by atoms with Crippen molar-refractivity contribution in [1.82, 2.24) is 4.90 Å². The molecule has 1 aromatic rings. The van der Waals surface area contributed by atoms with Crippen LogP contribution in [0.1, 0.15) is 30.5 Å². The predicted octanol–water partition coefficient (Wildman–Crippen LogP) is 1.18. The summed E-state index contributed by atoms with van der Waals surface area (Å²) >= 11 is 0. The minimum atomic E-state index is -0.184. The summed E-state index contributed by atoms with van der Waals surface area (Å²) in [5.74, 6) is 0.0901. The number of hydrogen-bond acceptors (Lipinski definition) is 3. The number of likely N-dealkylation sites (N-methyl/N-ethyl adjacent to an activating group) is 1. The van der Waals surface area contributed by atoms with Gasteiger partial charge in [-0.3, -0.25) is 4.79 Å². The van der Waals surface area contributed by atoms with Crippen molar-refractivity contribution in [1.29, 1.82) is 5.26 Å². The van der Waals surface area contributed by atoms with Gasteiger partial charge in [-0.2, -0.15) is 5.26 Å². The van der Waals surface area contributed by atoms with Crippen molar-refractivity contribution in [3.63, 3.8) is 0 Å². The molecule has 1 heterocycles. The first-order valence-corrected chi connectivity index (χ1v) is 5.72. The van der Waals surface area contributed by atoms with E-state index in [9.17, 15) is 4.79 Å². The molecule has 0 bridgehead atoms. The molecule has 0 aromatic heterocycles.